The molecule has 0 amide bonds. The Bertz CT molecular complexity index is 1050. The van der Waals surface area contributed by atoms with Gasteiger partial charge in [-0.2, -0.15) is 17.7 Å². The lowest BCUT2D eigenvalue weighted by Crippen LogP contribution is -2.14. The number of aromatic nitrogens is 6. The summed E-state index contributed by atoms with van der Waals surface area (Å²) in [6.45, 7) is 1.28. The summed E-state index contributed by atoms with van der Waals surface area (Å²) in [6.07, 6.45) is -2.07. The highest BCUT2D eigenvalue weighted by Crippen LogP contribution is 2.27. The second-order valence-corrected chi connectivity index (χ2v) is 5.72. The summed E-state index contributed by atoms with van der Waals surface area (Å²) in [5.74, 6) is -0.806. The zero-order valence-electron chi connectivity index (χ0n) is 13.5. The van der Waals surface area contributed by atoms with Gasteiger partial charge in [0.2, 0.25) is 0 Å². The van der Waals surface area contributed by atoms with E-state index >= 15 is 0 Å². The van der Waals surface area contributed by atoms with Crippen LogP contribution >= 0.6 is 0 Å². The molecule has 0 radical (unpaired) electrons. The van der Waals surface area contributed by atoms with E-state index < -0.39 is 12.0 Å². The van der Waals surface area contributed by atoms with Gasteiger partial charge in [-0.05, 0) is 30.7 Å². The number of alkyl halides is 3. The van der Waals surface area contributed by atoms with Crippen LogP contribution in [0.2, 0.25) is 0 Å². The topological polar surface area (TPSA) is 72.9 Å². The molecule has 0 aliphatic heterocycles. The number of nitrogens with one attached hydrogen (secondary N) is 1. The van der Waals surface area contributed by atoms with Gasteiger partial charge in [-0.3, -0.25) is 0 Å². The van der Waals surface area contributed by atoms with E-state index in [4.69, 9.17) is 0 Å². The molecular weight excluding hydrogens is 347 g/mol. The van der Waals surface area contributed by atoms with Gasteiger partial charge < -0.3 is 9.88 Å². The van der Waals surface area contributed by atoms with Crippen molar-refractivity contribution in [3.8, 4) is 0 Å². The molecule has 10 heteroatoms. The maximum atomic E-state index is 12.9. The number of fused-ring (bicyclic) bond motifs is 2. The molecule has 3 aromatic heterocycles. The zero-order chi connectivity index (χ0) is 18.1. The number of aryl methyl sites for hydroxylation is 1. The highest BCUT2D eigenvalue weighted by atomic mass is 19.4. The van der Waals surface area contributed by atoms with Gasteiger partial charge in [0.1, 0.15) is 5.82 Å². The third-order valence-corrected chi connectivity index (χ3v) is 3.93. The molecule has 0 unspecified atom stereocenters. The predicted molar refractivity (Wildman–Crippen MR) is 88.6 cm³/mol. The van der Waals surface area contributed by atoms with Gasteiger partial charge in [-0.25, -0.2) is 4.98 Å². The summed E-state index contributed by atoms with van der Waals surface area (Å²) in [7, 11) is 0. The van der Waals surface area contributed by atoms with Crippen molar-refractivity contribution in [2.45, 2.75) is 19.1 Å². The fourth-order valence-corrected chi connectivity index (χ4v) is 2.71. The first-order valence-electron chi connectivity index (χ1n) is 7.96. The van der Waals surface area contributed by atoms with E-state index in [0.717, 1.165) is 24.0 Å². The Kier molecular flexibility index (Phi) is 3.94. The molecular formula is C16H14F3N7. The number of para-hydroxylation sites is 2. The van der Waals surface area contributed by atoms with E-state index in [-0.39, 0.29) is 5.65 Å². The van der Waals surface area contributed by atoms with E-state index in [1.807, 2.05) is 28.8 Å². The number of rotatable bonds is 5. The van der Waals surface area contributed by atoms with Gasteiger partial charge >= 0.3 is 6.18 Å². The molecule has 0 atom stereocenters. The van der Waals surface area contributed by atoms with Crippen molar-refractivity contribution in [2.24, 2.45) is 0 Å². The highest BCUT2D eigenvalue weighted by Gasteiger charge is 2.37. The van der Waals surface area contributed by atoms with Crippen LogP contribution in [0.4, 0.5) is 19.0 Å². The second kappa shape index (κ2) is 6.28. The van der Waals surface area contributed by atoms with Crippen LogP contribution in [0.5, 0.6) is 0 Å². The van der Waals surface area contributed by atoms with Crippen LogP contribution in [0.1, 0.15) is 12.2 Å². The van der Waals surface area contributed by atoms with Crippen molar-refractivity contribution in [2.75, 3.05) is 11.9 Å². The van der Waals surface area contributed by atoms with Gasteiger partial charge in [0.15, 0.2) is 5.65 Å². The quantitative estimate of drug-likeness (QED) is 0.553. The fourth-order valence-electron chi connectivity index (χ4n) is 2.71. The van der Waals surface area contributed by atoms with Crippen LogP contribution in [0, 0.1) is 0 Å². The van der Waals surface area contributed by atoms with Crippen LogP contribution in [0.15, 0.2) is 42.7 Å². The second-order valence-electron chi connectivity index (χ2n) is 5.72. The van der Waals surface area contributed by atoms with E-state index in [0.29, 0.717) is 16.9 Å². The summed E-state index contributed by atoms with van der Waals surface area (Å²) in [5.41, 5.74) is 2.03. The summed E-state index contributed by atoms with van der Waals surface area (Å²) in [5, 5.41) is 13.6. The molecule has 7 nitrogen and oxygen atoms in total. The summed E-state index contributed by atoms with van der Waals surface area (Å²) in [4.78, 5) is 4.32. The van der Waals surface area contributed by atoms with Gasteiger partial charge in [0, 0.05) is 13.1 Å². The summed E-state index contributed by atoms with van der Waals surface area (Å²) >= 11 is 0. The number of imidazole rings is 1. The first-order valence-corrected chi connectivity index (χ1v) is 7.96. The van der Waals surface area contributed by atoms with Gasteiger partial charge in [0.05, 0.1) is 17.4 Å². The van der Waals surface area contributed by atoms with E-state index in [1.54, 1.807) is 12.4 Å². The lowest BCUT2D eigenvalue weighted by atomic mass is 10.3. The third-order valence-electron chi connectivity index (χ3n) is 3.93. The molecule has 1 N–H and O–H groups in total. The average molecular weight is 361 g/mol. The molecule has 0 saturated heterocycles. The SMILES string of the molecule is FC(F)(F)c1nnc2ccc(NCCCn3cnc4ccccc43)nn12. The molecule has 0 saturated carbocycles. The summed E-state index contributed by atoms with van der Waals surface area (Å²) < 4.78 is 41.4. The molecule has 0 spiro atoms. The first kappa shape index (κ1) is 16.3. The Morgan fingerprint density at radius 2 is 1.88 bits per heavy atom. The van der Waals surface area contributed by atoms with E-state index in [2.05, 4.69) is 25.6 Å². The lowest BCUT2D eigenvalue weighted by molar-refractivity contribution is -0.146. The number of nitrogens with zero attached hydrogens (tertiary/aromatic N) is 6. The minimum atomic E-state index is -4.60. The molecule has 0 aliphatic carbocycles. The molecule has 26 heavy (non-hydrogen) atoms. The van der Waals surface area contributed by atoms with Crippen molar-refractivity contribution >= 4 is 22.5 Å². The molecule has 4 rings (SSSR count). The van der Waals surface area contributed by atoms with E-state index in [9.17, 15) is 13.2 Å². The Morgan fingerprint density at radius 3 is 2.73 bits per heavy atom. The van der Waals surface area contributed by atoms with Crippen LogP contribution < -0.4 is 5.32 Å². The Morgan fingerprint density at radius 1 is 1.04 bits per heavy atom. The normalized spacial score (nSPS) is 12.1. The maximum absolute atomic E-state index is 12.9. The lowest BCUT2D eigenvalue weighted by Gasteiger charge is -2.08. The monoisotopic (exact) mass is 361 g/mol. The molecule has 3 heterocycles. The minimum absolute atomic E-state index is 0.0489. The first-order chi connectivity index (χ1) is 12.5. The molecule has 0 fully saturated rings. The smallest absolute Gasteiger partial charge is 0.369 e. The van der Waals surface area contributed by atoms with Crippen molar-refractivity contribution in [3.05, 3.63) is 48.5 Å². The van der Waals surface area contributed by atoms with Crippen LogP contribution in [-0.4, -0.2) is 35.9 Å². The number of hydrogen-bond donors (Lipinski definition) is 1. The van der Waals surface area contributed by atoms with Crippen molar-refractivity contribution in [1.82, 2.24) is 29.4 Å². The number of anilines is 1. The van der Waals surface area contributed by atoms with Crippen molar-refractivity contribution in [3.63, 3.8) is 0 Å². The van der Waals surface area contributed by atoms with E-state index in [1.165, 1.54) is 6.07 Å². The summed E-state index contributed by atoms with van der Waals surface area (Å²) in [6, 6.07) is 10.9. The molecule has 134 valence electrons. The fraction of sp³-hybridized carbons (Fsp3) is 0.250. The number of benzene rings is 1. The minimum Gasteiger partial charge on any atom is -0.369 e. The standard InChI is InChI=1S/C16H14F3N7/c17-16(18,19)15-23-22-14-7-6-13(24-26(14)15)20-8-3-9-25-10-21-11-4-1-2-5-12(11)25/h1-2,4-7,10H,3,8-9H2,(H,20,24). The molecule has 0 aliphatic rings. The van der Waals surface area contributed by atoms with Crippen LogP contribution in [-0.2, 0) is 12.7 Å². The van der Waals surface area contributed by atoms with Gasteiger partial charge in [-0.1, -0.05) is 12.1 Å². The van der Waals surface area contributed by atoms with Gasteiger partial charge in [-0.15, -0.1) is 15.3 Å². The molecule has 4 aromatic rings. The Labute approximate surface area is 145 Å². The van der Waals surface area contributed by atoms with Crippen molar-refractivity contribution in [1.29, 1.82) is 0 Å². The van der Waals surface area contributed by atoms with Crippen LogP contribution in [0.25, 0.3) is 16.7 Å². The third kappa shape index (κ3) is 3.05. The maximum Gasteiger partial charge on any atom is 0.453 e. The largest absolute Gasteiger partial charge is 0.453 e. The predicted octanol–water partition coefficient (Wildman–Crippen LogP) is 3.00. The van der Waals surface area contributed by atoms with Crippen LogP contribution in [0.3, 0.4) is 0 Å². The number of halogens is 3. The average Bonchev–Trinajstić information content (AvgIpc) is 3.22. The Hall–Kier alpha value is -3.17. The zero-order valence-corrected chi connectivity index (χ0v) is 13.5. The Balaban J connectivity index is 1.42. The number of hydrogen-bond acceptors (Lipinski definition) is 5. The highest BCUT2D eigenvalue weighted by molar-refractivity contribution is 5.74. The molecule has 1 aromatic carbocycles. The molecule has 0 bridgehead atoms. The van der Waals surface area contributed by atoms with Crippen molar-refractivity contribution < 1.29 is 13.2 Å². The van der Waals surface area contributed by atoms with Gasteiger partial charge in [0.25, 0.3) is 5.82 Å².